The number of hydrogen-bond donors (Lipinski definition) is 2. The summed E-state index contributed by atoms with van der Waals surface area (Å²) in [6, 6.07) is 3.58. The molecule has 0 unspecified atom stereocenters. The first-order valence-corrected chi connectivity index (χ1v) is 7.83. The van der Waals surface area contributed by atoms with Crippen LogP contribution in [0, 0.1) is 10.1 Å². The van der Waals surface area contributed by atoms with E-state index in [-0.39, 0.29) is 16.4 Å². The fourth-order valence-electron chi connectivity index (χ4n) is 2.51. The highest BCUT2D eigenvalue weighted by Crippen LogP contribution is 2.29. The first kappa shape index (κ1) is 18.2. The van der Waals surface area contributed by atoms with E-state index in [2.05, 4.69) is 5.32 Å². The predicted molar refractivity (Wildman–Crippen MR) is 85.7 cm³/mol. The number of non-ortho nitro benzene ring substituents is 1. The van der Waals surface area contributed by atoms with Crippen molar-refractivity contribution in [2.45, 2.75) is 37.7 Å². The van der Waals surface area contributed by atoms with Crippen LogP contribution in [-0.4, -0.2) is 34.1 Å². The fourth-order valence-corrected chi connectivity index (χ4v) is 2.73. The van der Waals surface area contributed by atoms with Crippen molar-refractivity contribution in [3.8, 4) is 0 Å². The van der Waals surface area contributed by atoms with Crippen molar-refractivity contribution in [2.75, 3.05) is 11.9 Å². The zero-order valence-electron chi connectivity index (χ0n) is 12.8. The molecular weight excluding hydrogens is 340 g/mol. The summed E-state index contributed by atoms with van der Waals surface area (Å²) < 4.78 is 4.87. The summed E-state index contributed by atoms with van der Waals surface area (Å²) in [5, 5.41) is 23.2. The number of hydrogen-bond acceptors (Lipinski definition) is 6. The zero-order valence-corrected chi connectivity index (χ0v) is 13.5. The molecule has 24 heavy (non-hydrogen) atoms. The van der Waals surface area contributed by atoms with Gasteiger partial charge in [0.15, 0.2) is 12.2 Å². The first-order valence-electron chi connectivity index (χ1n) is 7.45. The van der Waals surface area contributed by atoms with Crippen LogP contribution < -0.4 is 5.32 Å². The van der Waals surface area contributed by atoms with Crippen LogP contribution in [0.5, 0.6) is 0 Å². The molecule has 0 saturated heterocycles. The molecular formula is C15H17ClN2O6. The Morgan fingerprint density at radius 2 is 2.00 bits per heavy atom. The van der Waals surface area contributed by atoms with Crippen LogP contribution in [-0.2, 0) is 14.3 Å². The van der Waals surface area contributed by atoms with E-state index in [9.17, 15) is 24.8 Å². The topological polar surface area (TPSA) is 119 Å². The van der Waals surface area contributed by atoms with Crippen LogP contribution in [0.25, 0.3) is 0 Å². The number of aliphatic hydroxyl groups is 1. The van der Waals surface area contributed by atoms with E-state index >= 15 is 0 Å². The van der Waals surface area contributed by atoms with Gasteiger partial charge in [-0.15, -0.1) is 0 Å². The van der Waals surface area contributed by atoms with Gasteiger partial charge in [0.2, 0.25) is 0 Å². The van der Waals surface area contributed by atoms with Crippen LogP contribution >= 0.6 is 11.6 Å². The molecule has 0 radical (unpaired) electrons. The van der Waals surface area contributed by atoms with Gasteiger partial charge in [0.05, 0.1) is 15.6 Å². The summed E-state index contributed by atoms with van der Waals surface area (Å²) in [6.45, 7) is -0.575. The number of carbonyl (C=O) groups excluding carboxylic acids is 2. The normalized spacial score (nSPS) is 16.2. The van der Waals surface area contributed by atoms with E-state index in [1.165, 1.54) is 12.1 Å². The zero-order chi connectivity index (χ0) is 17.7. The number of rotatable bonds is 5. The van der Waals surface area contributed by atoms with Gasteiger partial charge in [-0.1, -0.05) is 18.0 Å². The van der Waals surface area contributed by atoms with Crippen molar-refractivity contribution in [1.82, 2.24) is 0 Å². The predicted octanol–water partition coefficient (Wildman–Crippen LogP) is 2.43. The highest BCUT2D eigenvalue weighted by molar-refractivity contribution is 6.34. The largest absolute Gasteiger partial charge is 0.453 e. The van der Waals surface area contributed by atoms with Gasteiger partial charge < -0.3 is 15.2 Å². The summed E-state index contributed by atoms with van der Waals surface area (Å²) in [5.74, 6) is -1.47. The Morgan fingerprint density at radius 1 is 1.33 bits per heavy atom. The lowest BCUT2D eigenvalue weighted by Gasteiger charge is -2.29. The van der Waals surface area contributed by atoms with Gasteiger partial charge in [0.1, 0.15) is 0 Å². The Morgan fingerprint density at radius 3 is 2.58 bits per heavy atom. The molecule has 0 heterocycles. The van der Waals surface area contributed by atoms with Gasteiger partial charge >= 0.3 is 5.97 Å². The van der Waals surface area contributed by atoms with Crippen molar-refractivity contribution in [1.29, 1.82) is 0 Å². The van der Waals surface area contributed by atoms with Gasteiger partial charge in [-0.3, -0.25) is 14.9 Å². The molecule has 2 rings (SSSR count). The molecule has 9 heteroatoms. The number of anilines is 1. The molecule has 0 atom stereocenters. The minimum absolute atomic E-state index is 0.00483. The van der Waals surface area contributed by atoms with E-state index in [4.69, 9.17) is 16.3 Å². The number of nitro benzene ring substituents is 1. The van der Waals surface area contributed by atoms with Gasteiger partial charge in [0.25, 0.3) is 11.6 Å². The summed E-state index contributed by atoms with van der Waals surface area (Å²) in [4.78, 5) is 33.7. The number of nitrogens with one attached hydrogen (secondary N) is 1. The van der Waals surface area contributed by atoms with Crippen molar-refractivity contribution in [3.63, 3.8) is 0 Å². The van der Waals surface area contributed by atoms with E-state index in [1.54, 1.807) is 0 Å². The van der Waals surface area contributed by atoms with E-state index in [1.807, 2.05) is 0 Å². The number of amides is 1. The number of benzene rings is 1. The maximum absolute atomic E-state index is 11.9. The second kappa shape index (κ2) is 7.59. The number of carbonyl (C=O) groups is 2. The molecule has 8 nitrogen and oxygen atoms in total. The number of nitro groups is 1. The van der Waals surface area contributed by atoms with E-state index in [0.717, 1.165) is 25.3 Å². The van der Waals surface area contributed by atoms with Gasteiger partial charge in [0, 0.05) is 12.1 Å². The van der Waals surface area contributed by atoms with Crippen molar-refractivity contribution < 1.29 is 24.4 Å². The van der Waals surface area contributed by atoms with Gasteiger partial charge in [-0.05, 0) is 31.7 Å². The summed E-state index contributed by atoms with van der Waals surface area (Å²) in [5.41, 5.74) is -1.56. The minimum Gasteiger partial charge on any atom is -0.453 e. The van der Waals surface area contributed by atoms with Crippen LogP contribution in [0.2, 0.25) is 5.02 Å². The Balaban J connectivity index is 1.89. The fraction of sp³-hybridized carbons (Fsp3) is 0.467. The number of esters is 1. The lowest BCUT2D eigenvalue weighted by molar-refractivity contribution is -0.384. The number of nitrogens with zero attached hydrogens (tertiary/aromatic N) is 1. The first-order chi connectivity index (χ1) is 11.3. The Kier molecular flexibility index (Phi) is 5.74. The lowest BCUT2D eigenvalue weighted by Crippen LogP contribution is -2.42. The van der Waals surface area contributed by atoms with Gasteiger partial charge in [-0.2, -0.15) is 0 Å². The molecule has 0 spiro atoms. The molecule has 1 aliphatic rings. The van der Waals surface area contributed by atoms with Crippen LogP contribution in [0.1, 0.15) is 32.1 Å². The Hall–Kier alpha value is -2.19. The molecule has 1 fully saturated rings. The standard InChI is InChI=1S/C15H17ClN2O6/c16-11-8-10(18(22)23)4-5-12(11)17-13(19)9-24-14(20)15(21)6-2-1-3-7-15/h4-5,8,21H,1-3,6-7,9H2,(H,17,19). The number of ether oxygens (including phenoxy) is 1. The second-order valence-electron chi connectivity index (χ2n) is 5.64. The summed E-state index contributed by atoms with van der Waals surface area (Å²) >= 11 is 5.86. The highest BCUT2D eigenvalue weighted by Gasteiger charge is 2.38. The molecule has 130 valence electrons. The lowest BCUT2D eigenvalue weighted by atomic mass is 9.85. The summed E-state index contributed by atoms with van der Waals surface area (Å²) in [7, 11) is 0. The summed E-state index contributed by atoms with van der Waals surface area (Å²) in [6.07, 6.45) is 3.06. The van der Waals surface area contributed by atoms with Gasteiger partial charge in [-0.25, -0.2) is 4.79 Å². The third kappa shape index (κ3) is 4.42. The van der Waals surface area contributed by atoms with Crippen molar-refractivity contribution >= 4 is 34.9 Å². The SMILES string of the molecule is O=C(COC(=O)C1(O)CCCCC1)Nc1ccc([N+](=O)[O-])cc1Cl. The molecule has 1 amide bonds. The minimum atomic E-state index is -1.52. The van der Waals surface area contributed by atoms with Crippen molar-refractivity contribution in [2.24, 2.45) is 0 Å². The maximum atomic E-state index is 11.9. The highest BCUT2D eigenvalue weighted by atomic mass is 35.5. The van der Waals surface area contributed by atoms with E-state index in [0.29, 0.717) is 12.8 Å². The van der Waals surface area contributed by atoms with Crippen LogP contribution in [0.4, 0.5) is 11.4 Å². The molecule has 0 bridgehead atoms. The molecule has 1 aromatic rings. The average Bonchev–Trinajstić information content (AvgIpc) is 2.55. The molecule has 1 aliphatic carbocycles. The molecule has 1 saturated carbocycles. The molecule has 0 aromatic heterocycles. The van der Waals surface area contributed by atoms with E-state index < -0.39 is 29.0 Å². The monoisotopic (exact) mass is 356 g/mol. The molecule has 0 aliphatic heterocycles. The average molecular weight is 357 g/mol. The quantitative estimate of drug-likeness (QED) is 0.475. The third-order valence-electron chi connectivity index (χ3n) is 3.83. The van der Waals surface area contributed by atoms with Crippen molar-refractivity contribution in [3.05, 3.63) is 33.3 Å². The molecule has 1 aromatic carbocycles. The molecule has 2 N–H and O–H groups in total. The third-order valence-corrected chi connectivity index (χ3v) is 4.15. The number of halogens is 1. The Bertz CT molecular complexity index is 657. The maximum Gasteiger partial charge on any atom is 0.338 e. The van der Waals surface area contributed by atoms with Crippen LogP contribution in [0.3, 0.4) is 0 Å². The smallest absolute Gasteiger partial charge is 0.338 e. The second-order valence-corrected chi connectivity index (χ2v) is 6.05. The Labute approximate surface area is 142 Å². The van der Waals surface area contributed by atoms with Crippen LogP contribution in [0.15, 0.2) is 18.2 Å².